The van der Waals surface area contributed by atoms with Gasteiger partial charge in [0.15, 0.2) is 0 Å². The molecular formula is C22H31NO3. The first-order valence-corrected chi connectivity index (χ1v) is 10.4. The molecule has 4 rings (SSSR count). The molecule has 4 saturated carbocycles. The molecule has 0 bridgehead atoms. The number of nitrogens with zero attached hydrogens (tertiary/aromatic N) is 1. The molecule has 0 aromatic carbocycles. The zero-order valence-electron chi connectivity index (χ0n) is 16.3. The molecule has 4 fully saturated rings. The van der Waals surface area contributed by atoms with E-state index in [4.69, 9.17) is 4.74 Å². The number of Topliss-reactive ketones (excluding diaryl/α,β-unsaturated/α-hetero) is 1. The van der Waals surface area contributed by atoms with Crippen molar-refractivity contribution >= 4 is 11.8 Å². The highest BCUT2D eigenvalue weighted by Gasteiger charge is 2.65. The Hall–Kier alpha value is -1.37. The van der Waals surface area contributed by atoms with Gasteiger partial charge in [0.1, 0.15) is 11.9 Å². The van der Waals surface area contributed by atoms with Gasteiger partial charge in [-0.1, -0.05) is 13.8 Å². The Morgan fingerprint density at radius 2 is 1.88 bits per heavy atom. The van der Waals surface area contributed by atoms with Gasteiger partial charge in [-0.15, -0.1) is 0 Å². The Balaban J connectivity index is 1.65. The van der Waals surface area contributed by atoms with Crippen molar-refractivity contribution in [3.63, 3.8) is 0 Å². The Bertz CT molecular complexity index is 681. The third-order valence-corrected chi connectivity index (χ3v) is 9.11. The number of hydrogen-bond acceptors (Lipinski definition) is 4. The third kappa shape index (κ3) is 2.25. The smallest absolute Gasteiger partial charge is 0.302 e. The fourth-order valence-electron chi connectivity index (χ4n) is 7.64. The van der Waals surface area contributed by atoms with E-state index in [-0.39, 0.29) is 28.7 Å². The number of fused-ring (bicyclic) bond motifs is 5. The summed E-state index contributed by atoms with van der Waals surface area (Å²) in [6, 6.07) is 2.64. The summed E-state index contributed by atoms with van der Waals surface area (Å²) in [5.41, 5.74) is -0.412. The minimum Gasteiger partial charge on any atom is -0.462 e. The molecule has 4 aliphatic carbocycles. The van der Waals surface area contributed by atoms with Crippen molar-refractivity contribution in [1.82, 2.24) is 0 Å². The average molecular weight is 357 g/mol. The zero-order chi connectivity index (χ0) is 18.7. The summed E-state index contributed by atoms with van der Waals surface area (Å²) in [5, 5.41) is 10.1. The molecule has 0 saturated heterocycles. The summed E-state index contributed by atoms with van der Waals surface area (Å²) in [6.07, 6.45) is 8.21. The monoisotopic (exact) mass is 357 g/mol. The second-order valence-corrected chi connectivity index (χ2v) is 9.96. The molecule has 7 atom stereocenters. The number of carbonyl (C=O) groups is 2. The van der Waals surface area contributed by atoms with E-state index in [0.717, 1.165) is 44.9 Å². The van der Waals surface area contributed by atoms with E-state index >= 15 is 0 Å². The van der Waals surface area contributed by atoms with E-state index in [1.807, 2.05) is 0 Å². The molecule has 4 nitrogen and oxygen atoms in total. The molecular weight excluding hydrogens is 326 g/mol. The van der Waals surface area contributed by atoms with Gasteiger partial charge in [-0.05, 0) is 68.1 Å². The van der Waals surface area contributed by atoms with Crippen LogP contribution in [0.1, 0.15) is 78.6 Å². The predicted molar refractivity (Wildman–Crippen MR) is 96.8 cm³/mol. The Morgan fingerprint density at radius 3 is 2.58 bits per heavy atom. The fraction of sp³-hybridized carbons (Fsp3) is 0.864. The first-order valence-electron chi connectivity index (χ1n) is 10.4. The van der Waals surface area contributed by atoms with Gasteiger partial charge < -0.3 is 4.74 Å². The Labute approximate surface area is 156 Å². The van der Waals surface area contributed by atoms with E-state index in [1.165, 1.54) is 6.92 Å². The van der Waals surface area contributed by atoms with E-state index < -0.39 is 5.41 Å². The number of hydrogen-bond donors (Lipinski definition) is 0. The van der Waals surface area contributed by atoms with Crippen LogP contribution in [0.25, 0.3) is 0 Å². The number of esters is 1. The van der Waals surface area contributed by atoms with Crippen LogP contribution in [0.5, 0.6) is 0 Å². The van der Waals surface area contributed by atoms with Crippen LogP contribution < -0.4 is 0 Å². The van der Waals surface area contributed by atoms with Gasteiger partial charge in [0.25, 0.3) is 0 Å². The highest BCUT2D eigenvalue weighted by Crippen LogP contribution is 2.69. The molecule has 0 radical (unpaired) electrons. The molecule has 0 aromatic rings. The van der Waals surface area contributed by atoms with Crippen LogP contribution in [0, 0.1) is 45.3 Å². The molecule has 0 heterocycles. The second-order valence-electron chi connectivity index (χ2n) is 9.96. The van der Waals surface area contributed by atoms with Gasteiger partial charge in [0.2, 0.25) is 0 Å². The van der Waals surface area contributed by atoms with Gasteiger partial charge >= 0.3 is 5.97 Å². The molecule has 4 aliphatic rings. The van der Waals surface area contributed by atoms with Crippen LogP contribution in [0.4, 0.5) is 0 Å². The lowest BCUT2D eigenvalue weighted by molar-refractivity contribution is -0.168. The Morgan fingerprint density at radius 1 is 1.12 bits per heavy atom. The maximum Gasteiger partial charge on any atom is 0.302 e. The van der Waals surface area contributed by atoms with Crippen molar-refractivity contribution < 1.29 is 14.3 Å². The third-order valence-electron chi connectivity index (χ3n) is 9.11. The lowest BCUT2D eigenvalue weighted by Crippen LogP contribution is -2.58. The zero-order valence-corrected chi connectivity index (χ0v) is 16.3. The molecule has 0 N–H and O–H groups in total. The fourth-order valence-corrected chi connectivity index (χ4v) is 7.64. The first-order chi connectivity index (χ1) is 12.3. The normalized spacial score (nSPS) is 50.2. The number of carbonyl (C=O) groups excluding carboxylic acids is 2. The lowest BCUT2D eigenvalue weighted by Gasteiger charge is -2.62. The topological polar surface area (TPSA) is 67.2 Å². The Kier molecular flexibility index (Phi) is 4.03. The molecule has 4 heteroatoms. The van der Waals surface area contributed by atoms with Gasteiger partial charge in [0, 0.05) is 25.2 Å². The van der Waals surface area contributed by atoms with E-state index in [0.29, 0.717) is 30.6 Å². The summed E-state index contributed by atoms with van der Waals surface area (Å²) in [4.78, 5) is 23.7. The van der Waals surface area contributed by atoms with Crippen molar-refractivity contribution in [3.8, 4) is 6.07 Å². The molecule has 0 aliphatic heterocycles. The highest BCUT2D eigenvalue weighted by atomic mass is 16.5. The van der Waals surface area contributed by atoms with E-state index in [2.05, 4.69) is 19.9 Å². The minimum absolute atomic E-state index is 0.0422. The van der Waals surface area contributed by atoms with Crippen molar-refractivity contribution in [2.24, 2.45) is 34.0 Å². The molecule has 0 amide bonds. The maximum atomic E-state index is 12.2. The lowest BCUT2D eigenvalue weighted by atomic mass is 9.40. The number of rotatable bonds is 1. The molecule has 0 spiro atoms. The summed E-state index contributed by atoms with van der Waals surface area (Å²) in [5.74, 6) is 1.83. The molecule has 142 valence electrons. The minimum atomic E-state index is -0.453. The second kappa shape index (κ2) is 5.81. The van der Waals surface area contributed by atoms with Gasteiger partial charge in [-0.3, -0.25) is 9.59 Å². The molecule has 7 unspecified atom stereocenters. The summed E-state index contributed by atoms with van der Waals surface area (Å²) >= 11 is 0. The van der Waals surface area contributed by atoms with Crippen LogP contribution in [0.15, 0.2) is 0 Å². The van der Waals surface area contributed by atoms with Gasteiger partial charge in [-0.25, -0.2) is 0 Å². The van der Waals surface area contributed by atoms with Crippen LogP contribution >= 0.6 is 0 Å². The van der Waals surface area contributed by atoms with E-state index in [1.54, 1.807) is 0 Å². The van der Waals surface area contributed by atoms with Crippen LogP contribution in [0.2, 0.25) is 0 Å². The number of ketones is 1. The van der Waals surface area contributed by atoms with Gasteiger partial charge in [-0.2, -0.15) is 5.26 Å². The van der Waals surface area contributed by atoms with Crippen molar-refractivity contribution in [2.45, 2.75) is 84.7 Å². The van der Waals surface area contributed by atoms with Crippen LogP contribution in [-0.2, 0) is 14.3 Å². The summed E-state index contributed by atoms with van der Waals surface area (Å²) < 4.78 is 5.71. The van der Waals surface area contributed by atoms with Crippen molar-refractivity contribution in [3.05, 3.63) is 0 Å². The number of ether oxygens (including phenoxy) is 1. The quantitative estimate of drug-likeness (QED) is 0.651. The maximum absolute atomic E-state index is 12.2. The average Bonchev–Trinajstić information content (AvgIpc) is 2.91. The van der Waals surface area contributed by atoms with Gasteiger partial charge in [0.05, 0.1) is 11.5 Å². The summed E-state index contributed by atoms with van der Waals surface area (Å²) in [7, 11) is 0. The van der Waals surface area contributed by atoms with Crippen molar-refractivity contribution in [2.75, 3.05) is 0 Å². The highest BCUT2D eigenvalue weighted by molar-refractivity contribution is 5.81. The predicted octanol–water partition coefficient (Wildman–Crippen LogP) is 4.42. The largest absolute Gasteiger partial charge is 0.462 e. The SMILES string of the molecule is CC(=O)OC1CCC2C3CCC4(C#N)CC(=O)CCC4(C)C3CCC12C. The standard InChI is InChI=1S/C22H31NO3/c1-14(24)26-19-5-4-17-16-7-11-22(13-23)12-15(25)6-10-21(22,3)18(16)8-9-20(17,19)2/h16-19H,4-12H2,1-3H3. The van der Waals surface area contributed by atoms with Crippen LogP contribution in [0.3, 0.4) is 0 Å². The van der Waals surface area contributed by atoms with E-state index in [9.17, 15) is 14.9 Å². The van der Waals surface area contributed by atoms with Crippen molar-refractivity contribution in [1.29, 1.82) is 5.26 Å². The molecule has 26 heavy (non-hydrogen) atoms. The number of nitriles is 1. The van der Waals surface area contributed by atoms with Crippen LogP contribution in [-0.4, -0.2) is 17.9 Å². The molecule has 0 aromatic heterocycles. The summed E-state index contributed by atoms with van der Waals surface area (Å²) in [6.45, 7) is 6.15. The first kappa shape index (κ1) is 18.0.